The van der Waals surface area contributed by atoms with Crippen molar-refractivity contribution in [3.8, 4) is 23.0 Å². The number of ether oxygens (including phenoxy) is 4. The smallest absolute Gasteiger partial charge is 0.261 e. The molecule has 0 radical (unpaired) electrons. The van der Waals surface area contributed by atoms with Crippen molar-refractivity contribution in [2.75, 3.05) is 14.2 Å². The second kappa shape index (κ2) is 8.00. The Hall–Kier alpha value is -2.89. The van der Waals surface area contributed by atoms with Crippen molar-refractivity contribution in [3.05, 3.63) is 48.0 Å². The highest BCUT2D eigenvalue weighted by Crippen LogP contribution is 2.41. The number of amides is 1. The van der Waals surface area contributed by atoms with Gasteiger partial charge in [0.2, 0.25) is 0 Å². The predicted molar refractivity (Wildman–Crippen MR) is 106 cm³/mol. The molecule has 2 aromatic rings. The fraction of sp³-hybridized carbons (Fsp3) is 0.409. The first-order valence-corrected chi connectivity index (χ1v) is 9.29. The number of methoxy groups -OCH3 is 2. The van der Waals surface area contributed by atoms with Gasteiger partial charge in [0.25, 0.3) is 5.91 Å². The molecule has 3 rings (SSSR count). The van der Waals surface area contributed by atoms with E-state index in [1.807, 2.05) is 32.0 Å². The summed E-state index contributed by atoms with van der Waals surface area (Å²) in [4.78, 5) is 12.8. The molecule has 0 aliphatic carbocycles. The lowest BCUT2D eigenvalue weighted by molar-refractivity contribution is -0.128. The fourth-order valence-corrected chi connectivity index (χ4v) is 3.29. The molecule has 0 bridgehead atoms. The third kappa shape index (κ3) is 4.50. The molecule has 0 aromatic heterocycles. The van der Waals surface area contributed by atoms with Gasteiger partial charge in [0.15, 0.2) is 6.10 Å². The number of fused-ring (bicyclic) bond motifs is 1. The number of carbonyl (C=O) groups excluding carboxylic acids is 1. The van der Waals surface area contributed by atoms with Crippen LogP contribution in [0.5, 0.6) is 23.0 Å². The Morgan fingerprint density at radius 3 is 2.32 bits per heavy atom. The summed E-state index contributed by atoms with van der Waals surface area (Å²) in [6, 6.07) is 12.6. The van der Waals surface area contributed by atoms with Gasteiger partial charge < -0.3 is 24.3 Å². The van der Waals surface area contributed by atoms with E-state index in [9.17, 15) is 4.79 Å². The molecule has 150 valence electrons. The normalized spacial score (nSPS) is 18.2. The van der Waals surface area contributed by atoms with Gasteiger partial charge in [-0.25, -0.2) is 0 Å². The van der Waals surface area contributed by atoms with E-state index in [0.717, 1.165) is 22.8 Å². The highest BCUT2D eigenvalue weighted by molar-refractivity contribution is 5.81. The van der Waals surface area contributed by atoms with Gasteiger partial charge >= 0.3 is 0 Å². The van der Waals surface area contributed by atoms with E-state index < -0.39 is 11.7 Å². The Labute approximate surface area is 165 Å². The van der Waals surface area contributed by atoms with Gasteiger partial charge in [-0.15, -0.1) is 0 Å². The number of carbonyl (C=O) groups is 1. The first-order valence-electron chi connectivity index (χ1n) is 9.29. The highest BCUT2D eigenvalue weighted by atomic mass is 16.5. The van der Waals surface area contributed by atoms with Crippen LogP contribution < -0.4 is 24.3 Å². The van der Waals surface area contributed by atoms with Crippen LogP contribution in [0.1, 0.15) is 38.8 Å². The summed E-state index contributed by atoms with van der Waals surface area (Å²) in [7, 11) is 3.22. The Bertz CT molecular complexity index is 831. The Kier molecular flexibility index (Phi) is 5.68. The fourth-order valence-electron chi connectivity index (χ4n) is 3.29. The van der Waals surface area contributed by atoms with Crippen LogP contribution in [0.25, 0.3) is 0 Å². The van der Waals surface area contributed by atoms with E-state index in [1.165, 1.54) is 0 Å². The van der Waals surface area contributed by atoms with Crippen molar-refractivity contribution in [1.82, 2.24) is 5.32 Å². The van der Waals surface area contributed by atoms with Crippen LogP contribution >= 0.6 is 0 Å². The minimum absolute atomic E-state index is 0.168. The Morgan fingerprint density at radius 2 is 1.68 bits per heavy atom. The number of benzene rings is 2. The molecule has 0 saturated heterocycles. The second-order valence-corrected chi connectivity index (χ2v) is 7.47. The lowest BCUT2D eigenvalue weighted by Gasteiger charge is -2.38. The summed E-state index contributed by atoms with van der Waals surface area (Å²) in [5.41, 5.74) is 0.530. The largest absolute Gasteiger partial charge is 0.497 e. The number of hydrogen-bond acceptors (Lipinski definition) is 5. The predicted octanol–water partition coefficient (Wildman–Crippen LogP) is 3.89. The van der Waals surface area contributed by atoms with E-state index in [0.29, 0.717) is 12.2 Å². The molecule has 6 nitrogen and oxygen atoms in total. The zero-order valence-electron chi connectivity index (χ0n) is 16.9. The molecule has 0 fully saturated rings. The quantitative estimate of drug-likeness (QED) is 0.817. The molecule has 1 amide bonds. The molecule has 1 aliphatic heterocycles. The topological polar surface area (TPSA) is 66.0 Å². The SMILES string of the molecule is COc1ccc(O[C@H](C)C(=O)N[C@H]2CC(C)(C)Oc3cc(OC)ccc32)cc1. The van der Waals surface area contributed by atoms with Crippen molar-refractivity contribution in [3.63, 3.8) is 0 Å². The molecule has 1 N–H and O–H groups in total. The van der Waals surface area contributed by atoms with Gasteiger partial charge in [-0.05, 0) is 57.2 Å². The van der Waals surface area contributed by atoms with Crippen LogP contribution in [0.4, 0.5) is 0 Å². The number of nitrogens with one attached hydrogen (secondary N) is 1. The van der Waals surface area contributed by atoms with E-state index in [-0.39, 0.29) is 11.9 Å². The van der Waals surface area contributed by atoms with E-state index in [2.05, 4.69) is 5.32 Å². The second-order valence-electron chi connectivity index (χ2n) is 7.47. The first-order chi connectivity index (χ1) is 13.3. The molecule has 28 heavy (non-hydrogen) atoms. The van der Waals surface area contributed by atoms with Gasteiger partial charge in [0.1, 0.15) is 28.6 Å². The third-order valence-electron chi connectivity index (χ3n) is 4.74. The van der Waals surface area contributed by atoms with Gasteiger partial charge in [0, 0.05) is 18.1 Å². The van der Waals surface area contributed by atoms with Crippen LogP contribution in [-0.4, -0.2) is 31.8 Å². The van der Waals surface area contributed by atoms with Crippen LogP contribution in [-0.2, 0) is 4.79 Å². The van der Waals surface area contributed by atoms with Gasteiger partial charge in [-0.2, -0.15) is 0 Å². The molecule has 2 atom stereocenters. The molecule has 1 aliphatic rings. The van der Waals surface area contributed by atoms with E-state index >= 15 is 0 Å². The van der Waals surface area contributed by atoms with Crippen molar-refractivity contribution in [2.45, 2.75) is 44.9 Å². The van der Waals surface area contributed by atoms with Gasteiger partial charge in [-0.3, -0.25) is 4.79 Å². The van der Waals surface area contributed by atoms with Crippen molar-refractivity contribution in [1.29, 1.82) is 0 Å². The van der Waals surface area contributed by atoms with Crippen LogP contribution in [0.2, 0.25) is 0 Å². The summed E-state index contributed by atoms with van der Waals surface area (Å²) in [6.45, 7) is 5.75. The molecule has 1 heterocycles. The molecular formula is C22H27NO5. The minimum Gasteiger partial charge on any atom is -0.497 e. The van der Waals surface area contributed by atoms with E-state index in [4.69, 9.17) is 18.9 Å². The molecule has 2 aromatic carbocycles. The average molecular weight is 385 g/mol. The Morgan fingerprint density at radius 1 is 1.07 bits per heavy atom. The summed E-state index contributed by atoms with van der Waals surface area (Å²) in [5, 5.41) is 3.10. The summed E-state index contributed by atoms with van der Waals surface area (Å²) in [6.07, 6.45) is 0.0221. The van der Waals surface area contributed by atoms with Crippen LogP contribution in [0, 0.1) is 0 Å². The molecule has 0 spiro atoms. The number of rotatable bonds is 6. The zero-order valence-corrected chi connectivity index (χ0v) is 16.9. The average Bonchev–Trinajstić information content (AvgIpc) is 2.67. The zero-order chi connectivity index (χ0) is 20.3. The molecular weight excluding hydrogens is 358 g/mol. The maximum absolute atomic E-state index is 12.8. The summed E-state index contributed by atoms with van der Waals surface area (Å²) >= 11 is 0. The standard InChI is InChI=1S/C22H27NO5/c1-14(27-16-8-6-15(25-4)7-9-16)21(24)23-19-13-22(2,3)28-20-12-17(26-5)10-11-18(19)20/h6-12,14,19H,13H2,1-5H3,(H,23,24)/t14-,19+/m1/s1. The van der Waals surface area contributed by atoms with Crippen LogP contribution in [0.15, 0.2) is 42.5 Å². The van der Waals surface area contributed by atoms with Crippen molar-refractivity contribution < 1.29 is 23.7 Å². The maximum Gasteiger partial charge on any atom is 0.261 e. The first kappa shape index (κ1) is 19.9. The monoisotopic (exact) mass is 385 g/mol. The highest BCUT2D eigenvalue weighted by Gasteiger charge is 2.35. The molecule has 6 heteroatoms. The maximum atomic E-state index is 12.8. The molecule has 0 unspecified atom stereocenters. The van der Waals surface area contributed by atoms with Gasteiger partial charge in [-0.1, -0.05) is 0 Å². The van der Waals surface area contributed by atoms with Crippen LogP contribution in [0.3, 0.4) is 0 Å². The summed E-state index contributed by atoms with van der Waals surface area (Å²) < 4.78 is 22.3. The number of hydrogen-bond donors (Lipinski definition) is 1. The van der Waals surface area contributed by atoms with E-state index in [1.54, 1.807) is 45.4 Å². The molecule has 0 saturated carbocycles. The Balaban J connectivity index is 1.72. The lowest BCUT2D eigenvalue weighted by atomic mass is 9.89. The summed E-state index contributed by atoms with van der Waals surface area (Å²) in [5.74, 6) is 2.62. The lowest BCUT2D eigenvalue weighted by Crippen LogP contribution is -2.44. The third-order valence-corrected chi connectivity index (χ3v) is 4.74. The minimum atomic E-state index is -0.638. The van der Waals surface area contributed by atoms with Crippen molar-refractivity contribution in [2.24, 2.45) is 0 Å². The van der Waals surface area contributed by atoms with Gasteiger partial charge in [0.05, 0.1) is 20.3 Å². The van der Waals surface area contributed by atoms with Crippen molar-refractivity contribution >= 4 is 5.91 Å².